The van der Waals surface area contributed by atoms with Crippen molar-refractivity contribution in [1.29, 1.82) is 0 Å². The van der Waals surface area contributed by atoms with Crippen molar-refractivity contribution in [1.82, 2.24) is 21.3 Å². The lowest BCUT2D eigenvalue weighted by Gasteiger charge is -2.27. The van der Waals surface area contributed by atoms with E-state index in [4.69, 9.17) is 5.73 Å². The molecule has 0 radical (unpaired) electrons. The van der Waals surface area contributed by atoms with Crippen LogP contribution in [-0.2, 0) is 24.0 Å². The minimum Gasteiger partial charge on any atom is -0.480 e. The quantitative estimate of drug-likeness (QED) is 0.194. The van der Waals surface area contributed by atoms with Crippen LogP contribution in [-0.4, -0.2) is 77.4 Å². The number of aliphatic carboxylic acids is 1. The van der Waals surface area contributed by atoms with Gasteiger partial charge in [-0.15, -0.1) is 0 Å². The van der Waals surface area contributed by atoms with Crippen LogP contribution in [0.1, 0.15) is 39.5 Å². The first kappa shape index (κ1) is 26.7. The van der Waals surface area contributed by atoms with Gasteiger partial charge in [0.05, 0.1) is 12.5 Å². The Morgan fingerprint density at radius 2 is 1.77 bits per heavy atom. The fourth-order valence-corrected chi connectivity index (χ4v) is 3.61. The van der Waals surface area contributed by atoms with Gasteiger partial charge in [0.2, 0.25) is 23.6 Å². The third-order valence-corrected chi connectivity index (χ3v) is 5.53. The van der Waals surface area contributed by atoms with Gasteiger partial charge in [-0.2, -0.15) is 11.8 Å². The predicted molar refractivity (Wildman–Crippen MR) is 116 cm³/mol. The van der Waals surface area contributed by atoms with Crippen LogP contribution in [0.5, 0.6) is 0 Å². The van der Waals surface area contributed by atoms with Crippen molar-refractivity contribution < 1.29 is 29.1 Å². The van der Waals surface area contributed by atoms with Gasteiger partial charge >= 0.3 is 5.97 Å². The van der Waals surface area contributed by atoms with E-state index in [0.717, 1.165) is 13.0 Å². The zero-order valence-electron chi connectivity index (χ0n) is 18.1. The van der Waals surface area contributed by atoms with Crippen LogP contribution in [0.25, 0.3) is 0 Å². The Kier molecular flexibility index (Phi) is 11.3. The van der Waals surface area contributed by atoms with Crippen molar-refractivity contribution >= 4 is 41.4 Å². The van der Waals surface area contributed by atoms with E-state index in [1.165, 1.54) is 11.8 Å². The van der Waals surface area contributed by atoms with Crippen LogP contribution in [0.15, 0.2) is 0 Å². The summed E-state index contributed by atoms with van der Waals surface area (Å²) in [5.41, 5.74) is 5.04. The Morgan fingerprint density at radius 1 is 1.10 bits per heavy atom. The Balaban J connectivity index is 2.86. The van der Waals surface area contributed by atoms with E-state index < -0.39 is 48.2 Å². The summed E-state index contributed by atoms with van der Waals surface area (Å²) in [6.45, 7) is 4.12. The number of hydrogen-bond acceptors (Lipinski definition) is 7. The highest BCUT2D eigenvalue weighted by atomic mass is 32.2. The minimum atomic E-state index is -1.50. The molecule has 0 aromatic rings. The van der Waals surface area contributed by atoms with Crippen LogP contribution >= 0.6 is 11.8 Å². The van der Waals surface area contributed by atoms with Crippen LogP contribution in [0.3, 0.4) is 0 Å². The lowest BCUT2D eigenvalue weighted by Crippen LogP contribution is -2.58. The number of thioether (sulfide) groups is 1. The van der Waals surface area contributed by atoms with E-state index in [1.807, 2.05) is 6.26 Å². The molecule has 0 bridgehead atoms. The SMILES string of the molecule is CSCCC(NC(=O)C1CCCN1)C(=O)NC(C(=O)NC(CC(N)=O)C(=O)O)C(C)C. The predicted octanol–water partition coefficient (Wildman–Crippen LogP) is -1.44. The number of carbonyl (C=O) groups is 5. The second-order valence-corrected chi connectivity index (χ2v) is 8.78. The topological polar surface area (TPSA) is 180 Å². The summed E-state index contributed by atoms with van der Waals surface area (Å²) in [5, 5.41) is 19.9. The summed E-state index contributed by atoms with van der Waals surface area (Å²) in [4.78, 5) is 60.3. The van der Waals surface area contributed by atoms with E-state index in [2.05, 4.69) is 21.3 Å². The molecule has 31 heavy (non-hydrogen) atoms. The van der Waals surface area contributed by atoms with Gasteiger partial charge < -0.3 is 32.1 Å². The largest absolute Gasteiger partial charge is 0.480 e. The number of nitrogens with one attached hydrogen (secondary N) is 4. The van der Waals surface area contributed by atoms with E-state index in [-0.39, 0.29) is 17.9 Å². The van der Waals surface area contributed by atoms with Crippen molar-refractivity contribution in [3.8, 4) is 0 Å². The summed E-state index contributed by atoms with van der Waals surface area (Å²) in [7, 11) is 0. The summed E-state index contributed by atoms with van der Waals surface area (Å²) in [6, 6.07) is -3.74. The molecule has 1 aliphatic heterocycles. The molecule has 0 aromatic carbocycles. The molecule has 1 fully saturated rings. The summed E-state index contributed by atoms with van der Waals surface area (Å²) >= 11 is 1.52. The van der Waals surface area contributed by atoms with Crippen molar-refractivity contribution in [2.45, 2.75) is 63.7 Å². The summed E-state index contributed by atoms with van der Waals surface area (Å²) in [5.74, 6) is -3.58. The minimum absolute atomic E-state index is 0.267. The van der Waals surface area contributed by atoms with Crippen LogP contribution in [0.2, 0.25) is 0 Å². The van der Waals surface area contributed by atoms with Gasteiger partial charge in [0.25, 0.3) is 0 Å². The number of primary amides is 1. The number of amides is 4. The third-order valence-electron chi connectivity index (χ3n) is 4.89. The molecule has 1 rings (SSSR count). The Hall–Kier alpha value is -2.34. The van der Waals surface area contributed by atoms with Crippen molar-refractivity contribution in [2.75, 3.05) is 18.6 Å². The monoisotopic (exact) mass is 459 g/mol. The van der Waals surface area contributed by atoms with Gasteiger partial charge in [-0.25, -0.2) is 4.79 Å². The number of nitrogens with two attached hydrogens (primary N) is 1. The van der Waals surface area contributed by atoms with Gasteiger partial charge in [-0.1, -0.05) is 13.8 Å². The fourth-order valence-electron chi connectivity index (χ4n) is 3.14. The third kappa shape index (κ3) is 9.13. The molecule has 1 saturated heterocycles. The molecule has 11 nitrogen and oxygen atoms in total. The molecule has 0 aromatic heterocycles. The highest BCUT2D eigenvalue weighted by molar-refractivity contribution is 7.98. The molecule has 1 aliphatic rings. The smallest absolute Gasteiger partial charge is 0.326 e. The van der Waals surface area contributed by atoms with Crippen LogP contribution < -0.4 is 27.0 Å². The molecule has 12 heteroatoms. The highest BCUT2D eigenvalue weighted by Gasteiger charge is 2.32. The average Bonchev–Trinajstić information content (AvgIpc) is 3.22. The number of rotatable bonds is 13. The van der Waals surface area contributed by atoms with E-state index in [1.54, 1.807) is 13.8 Å². The van der Waals surface area contributed by atoms with E-state index >= 15 is 0 Å². The maximum atomic E-state index is 12.9. The Morgan fingerprint density at radius 3 is 2.26 bits per heavy atom. The fraction of sp³-hybridized carbons (Fsp3) is 0.737. The summed E-state index contributed by atoms with van der Waals surface area (Å²) in [6.07, 6.45) is 3.25. The molecule has 4 amide bonds. The van der Waals surface area contributed by atoms with Gasteiger partial charge in [0.1, 0.15) is 18.1 Å². The Bertz CT molecular complexity index is 668. The molecular weight excluding hydrogens is 426 g/mol. The molecule has 4 unspecified atom stereocenters. The molecule has 0 saturated carbocycles. The number of carboxylic acids is 1. The van der Waals surface area contributed by atoms with Crippen molar-refractivity contribution in [2.24, 2.45) is 11.7 Å². The van der Waals surface area contributed by atoms with Crippen LogP contribution in [0.4, 0.5) is 0 Å². The zero-order valence-corrected chi connectivity index (χ0v) is 18.9. The zero-order chi connectivity index (χ0) is 23.6. The lowest BCUT2D eigenvalue weighted by molar-refractivity contribution is -0.144. The molecular formula is C19H33N5O6S. The lowest BCUT2D eigenvalue weighted by atomic mass is 10.0. The van der Waals surface area contributed by atoms with Gasteiger partial charge in [-0.05, 0) is 43.7 Å². The maximum absolute atomic E-state index is 12.9. The average molecular weight is 460 g/mol. The molecule has 4 atom stereocenters. The normalized spacial score (nSPS) is 18.6. The Labute approximate surface area is 186 Å². The molecule has 7 N–H and O–H groups in total. The van der Waals surface area contributed by atoms with Crippen LogP contribution in [0, 0.1) is 5.92 Å². The second-order valence-electron chi connectivity index (χ2n) is 7.79. The number of hydrogen-bond donors (Lipinski definition) is 6. The number of carboxylic acid groups (broad SMARTS) is 1. The van der Waals surface area contributed by atoms with Gasteiger partial charge in [0, 0.05) is 0 Å². The standard InChI is InChI=1S/C19H33N5O6S/c1-10(2)15(18(28)23-13(19(29)30)9-14(20)25)24-17(27)12(6-8-31-3)22-16(26)11-5-4-7-21-11/h10-13,15,21H,4-9H2,1-3H3,(H2,20,25)(H,22,26)(H,23,28)(H,24,27)(H,29,30). The number of carbonyl (C=O) groups excluding carboxylic acids is 4. The van der Waals surface area contributed by atoms with E-state index in [0.29, 0.717) is 18.6 Å². The summed E-state index contributed by atoms with van der Waals surface area (Å²) < 4.78 is 0. The second kappa shape index (κ2) is 13.2. The first-order chi connectivity index (χ1) is 14.6. The molecule has 0 spiro atoms. The van der Waals surface area contributed by atoms with Gasteiger partial charge in [-0.3, -0.25) is 19.2 Å². The van der Waals surface area contributed by atoms with E-state index in [9.17, 15) is 29.1 Å². The maximum Gasteiger partial charge on any atom is 0.326 e. The first-order valence-electron chi connectivity index (χ1n) is 10.2. The molecule has 176 valence electrons. The van der Waals surface area contributed by atoms with Gasteiger partial charge in [0.15, 0.2) is 0 Å². The highest BCUT2D eigenvalue weighted by Crippen LogP contribution is 2.09. The van der Waals surface area contributed by atoms with Crippen molar-refractivity contribution in [3.63, 3.8) is 0 Å². The molecule has 1 heterocycles. The molecule has 0 aliphatic carbocycles. The first-order valence-corrected chi connectivity index (χ1v) is 11.6. The van der Waals surface area contributed by atoms with Crippen molar-refractivity contribution in [3.05, 3.63) is 0 Å².